The molecule has 32 heavy (non-hydrogen) atoms. The lowest BCUT2D eigenvalue weighted by molar-refractivity contribution is -0.624. The molecule has 1 aliphatic carbocycles. The number of nitrogens with zero attached hydrogens (tertiary/aromatic N) is 2. The van der Waals surface area contributed by atoms with Crippen LogP contribution in [0.3, 0.4) is 0 Å². The van der Waals surface area contributed by atoms with Crippen LogP contribution in [-0.4, -0.2) is 54.7 Å². The van der Waals surface area contributed by atoms with Gasteiger partial charge in [-0.15, -0.1) is 0 Å². The molecule has 1 atom stereocenters. The van der Waals surface area contributed by atoms with E-state index in [1.54, 1.807) is 19.1 Å². The predicted molar refractivity (Wildman–Crippen MR) is 112 cm³/mol. The minimum Gasteiger partial charge on any atom is -0.618 e. The van der Waals surface area contributed by atoms with E-state index in [0.29, 0.717) is 42.0 Å². The van der Waals surface area contributed by atoms with Crippen LogP contribution in [0.1, 0.15) is 51.1 Å². The second-order valence-corrected chi connectivity index (χ2v) is 9.12. The van der Waals surface area contributed by atoms with Crippen molar-refractivity contribution in [1.29, 1.82) is 0 Å². The van der Waals surface area contributed by atoms with Gasteiger partial charge >= 0.3 is 12.3 Å². The van der Waals surface area contributed by atoms with E-state index >= 15 is 0 Å². The van der Waals surface area contributed by atoms with Crippen LogP contribution in [0, 0.1) is 12.1 Å². The number of carbonyl (C=O) groups is 1. The largest absolute Gasteiger partial charge is 0.618 e. The first-order valence-electron chi connectivity index (χ1n) is 10.8. The molecule has 2 aliphatic rings. The summed E-state index contributed by atoms with van der Waals surface area (Å²) in [6.07, 6.45) is -3.18. The van der Waals surface area contributed by atoms with Crippen molar-refractivity contribution in [2.75, 3.05) is 13.1 Å². The molecule has 7 nitrogen and oxygen atoms in total. The maximum Gasteiger partial charge on any atom is 0.425 e. The quantitative estimate of drug-likeness (QED) is 0.318. The monoisotopic (exact) mass is 524 g/mol. The molecule has 2 fully saturated rings. The summed E-state index contributed by atoms with van der Waals surface area (Å²) < 4.78 is 55.6. The zero-order valence-electron chi connectivity index (χ0n) is 18.1. The average Bonchev–Trinajstić information content (AvgIpc) is 2.75. The summed E-state index contributed by atoms with van der Waals surface area (Å²) in [5.74, 6) is 0.576. The van der Waals surface area contributed by atoms with E-state index in [-0.39, 0.29) is 18.3 Å². The van der Waals surface area contributed by atoms with Crippen molar-refractivity contribution in [3.8, 4) is 5.75 Å². The molecule has 1 aliphatic heterocycles. The van der Waals surface area contributed by atoms with Crippen LogP contribution in [0.15, 0.2) is 16.7 Å². The van der Waals surface area contributed by atoms with Gasteiger partial charge in [0.2, 0.25) is 5.69 Å². The zero-order chi connectivity index (χ0) is 23.5. The molecule has 0 radical (unpaired) electrons. The first-order valence-corrected chi connectivity index (χ1v) is 11.6. The minimum atomic E-state index is -4.56. The average molecular weight is 525 g/mol. The van der Waals surface area contributed by atoms with Crippen molar-refractivity contribution in [1.82, 2.24) is 4.90 Å². The molecule has 0 N–H and O–H groups in total. The highest BCUT2D eigenvalue weighted by Gasteiger charge is 2.40. The maximum atomic E-state index is 12.6. The van der Waals surface area contributed by atoms with Crippen molar-refractivity contribution < 1.29 is 36.9 Å². The van der Waals surface area contributed by atoms with Crippen molar-refractivity contribution in [2.24, 2.45) is 0 Å². The Morgan fingerprint density at radius 2 is 1.69 bits per heavy atom. The standard InChI is InChI=1S/C21H28BrF3N2O5/c1-13-18(7-8-19(22)27(13)29)32-16-5-3-15(4-6-16)31-17-9-11-26(12-10-17)20(28)30-14(2)21(23,24)25/h7-8,14-17H,3-6,9-12H2,1-2H3/t14-,15?,16?/m1/s1. The summed E-state index contributed by atoms with van der Waals surface area (Å²) in [6, 6.07) is 3.45. The van der Waals surface area contributed by atoms with E-state index in [1.807, 2.05) is 0 Å². The third-order valence-corrected chi connectivity index (χ3v) is 6.55. The predicted octanol–water partition coefficient (Wildman–Crippen LogP) is 4.65. The van der Waals surface area contributed by atoms with E-state index < -0.39 is 18.4 Å². The summed E-state index contributed by atoms with van der Waals surface area (Å²) in [5, 5.41) is 12.0. The van der Waals surface area contributed by atoms with Gasteiger partial charge in [0.1, 0.15) is 0 Å². The number of piperidine rings is 1. The number of alkyl halides is 3. The fourth-order valence-corrected chi connectivity index (χ4v) is 4.32. The van der Waals surface area contributed by atoms with Gasteiger partial charge in [-0.3, -0.25) is 0 Å². The molecule has 1 saturated carbocycles. The van der Waals surface area contributed by atoms with E-state index in [4.69, 9.17) is 9.47 Å². The minimum absolute atomic E-state index is 0.0157. The fourth-order valence-electron chi connectivity index (χ4n) is 3.92. The van der Waals surface area contributed by atoms with E-state index in [0.717, 1.165) is 37.3 Å². The number of halogens is 4. The van der Waals surface area contributed by atoms with Crippen LogP contribution in [0.2, 0.25) is 0 Å². The molecule has 0 spiro atoms. The lowest BCUT2D eigenvalue weighted by atomic mass is 9.94. The molecule has 180 valence electrons. The van der Waals surface area contributed by atoms with Gasteiger partial charge in [-0.1, -0.05) is 0 Å². The Bertz CT molecular complexity index is 794. The van der Waals surface area contributed by atoms with Gasteiger partial charge in [0.15, 0.2) is 11.9 Å². The van der Waals surface area contributed by atoms with Crippen molar-refractivity contribution in [2.45, 2.75) is 83.0 Å². The first kappa shape index (κ1) is 24.9. The Hall–Kier alpha value is -1.75. The van der Waals surface area contributed by atoms with Crippen molar-refractivity contribution in [3.05, 3.63) is 27.6 Å². The molecule has 1 aromatic rings. The number of carbonyl (C=O) groups excluding carboxylic acids is 1. The van der Waals surface area contributed by atoms with E-state index in [2.05, 4.69) is 20.7 Å². The van der Waals surface area contributed by atoms with Gasteiger partial charge in [0, 0.05) is 42.0 Å². The highest BCUT2D eigenvalue weighted by Crippen LogP contribution is 2.29. The molecule has 2 heterocycles. The molecule has 0 aromatic carbocycles. The third-order valence-electron chi connectivity index (χ3n) is 5.97. The van der Waals surface area contributed by atoms with Crippen molar-refractivity contribution >= 4 is 22.0 Å². The second-order valence-electron chi connectivity index (χ2n) is 8.31. The highest BCUT2D eigenvalue weighted by molar-refractivity contribution is 9.10. The number of hydrogen-bond acceptors (Lipinski definition) is 5. The van der Waals surface area contributed by atoms with Gasteiger partial charge in [0.25, 0.3) is 4.60 Å². The topological polar surface area (TPSA) is 74.9 Å². The van der Waals surface area contributed by atoms with Crippen LogP contribution in [0.4, 0.5) is 18.0 Å². The van der Waals surface area contributed by atoms with Crippen LogP contribution >= 0.6 is 15.9 Å². The molecule has 0 unspecified atom stereocenters. The highest BCUT2D eigenvalue weighted by atomic mass is 79.9. The molecule has 1 amide bonds. The smallest absolute Gasteiger partial charge is 0.425 e. The molecule has 0 bridgehead atoms. The molecular formula is C21H28BrF3N2O5. The van der Waals surface area contributed by atoms with Gasteiger partial charge in [-0.25, -0.2) is 4.79 Å². The lowest BCUT2D eigenvalue weighted by Gasteiger charge is -2.36. The maximum absolute atomic E-state index is 12.6. The molecule has 1 aromatic heterocycles. The Morgan fingerprint density at radius 1 is 1.12 bits per heavy atom. The number of aromatic nitrogens is 1. The Kier molecular flexibility index (Phi) is 8.13. The van der Waals surface area contributed by atoms with Crippen LogP contribution in [0.25, 0.3) is 0 Å². The number of pyridine rings is 1. The normalized spacial score (nSPS) is 23.6. The first-order chi connectivity index (χ1) is 15.0. The van der Waals surface area contributed by atoms with Gasteiger partial charge in [0.05, 0.1) is 18.3 Å². The van der Waals surface area contributed by atoms with Gasteiger partial charge < -0.3 is 24.3 Å². The molecule has 11 heteroatoms. The molecule has 3 rings (SSSR count). The second kappa shape index (κ2) is 10.5. The number of likely N-dealkylation sites (tertiary alicyclic amines) is 1. The number of rotatable bonds is 5. The van der Waals surface area contributed by atoms with E-state index in [1.165, 1.54) is 4.90 Å². The molecular weight excluding hydrogens is 497 g/mol. The molecule has 1 saturated heterocycles. The lowest BCUT2D eigenvalue weighted by Crippen LogP contribution is -2.44. The van der Waals surface area contributed by atoms with E-state index in [9.17, 15) is 23.2 Å². The van der Waals surface area contributed by atoms with Gasteiger partial charge in [-0.05, 0) is 51.5 Å². The number of ether oxygens (including phenoxy) is 3. The zero-order valence-corrected chi connectivity index (χ0v) is 19.7. The van der Waals surface area contributed by atoms with Gasteiger partial charge in [-0.2, -0.15) is 17.9 Å². The Balaban J connectivity index is 1.38. The van der Waals surface area contributed by atoms with Crippen LogP contribution < -0.4 is 9.47 Å². The Morgan fingerprint density at radius 3 is 2.28 bits per heavy atom. The third kappa shape index (κ3) is 6.40. The SMILES string of the molecule is Cc1c(OC2CCC(OC3CCN(C(=O)O[C@H](C)C(F)(F)F)CC3)CC2)ccc(Br)[n+]1[O-]. The summed E-state index contributed by atoms with van der Waals surface area (Å²) in [5.41, 5.74) is 0.507. The number of amides is 1. The summed E-state index contributed by atoms with van der Waals surface area (Å²) in [7, 11) is 0. The summed E-state index contributed by atoms with van der Waals surface area (Å²) >= 11 is 3.19. The Labute approximate surface area is 193 Å². The summed E-state index contributed by atoms with van der Waals surface area (Å²) in [4.78, 5) is 13.2. The summed E-state index contributed by atoms with van der Waals surface area (Å²) in [6.45, 7) is 3.16. The van der Waals surface area contributed by atoms with Crippen LogP contribution in [-0.2, 0) is 9.47 Å². The van der Waals surface area contributed by atoms with Crippen molar-refractivity contribution in [3.63, 3.8) is 0 Å². The number of hydrogen-bond donors (Lipinski definition) is 0. The van der Waals surface area contributed by atoms with Crippen LogP contribution in [0.5, 0.6) is 5.75 Å². The fraction of sp³-hybridized carbons (Fsp3) is 0.714.